The highest BCUT2D eigenvalue weighted by Crippen LogP contribution is 2.15. The zero-order chi connectivity index (χ0) is 9.14. The second-order valence-electron chi connectivity index (χ2n) is 2.45. The molecule has 0 unspecified atom stereocenters. The first-order valence-electron chi connectivity index (χ1n) is 3.52. The molecule has 0 spiro atoms. The molecule has 1 aromatic rings. The van der Waals surface area contributed by atoms with Crippen LogP contribution in [0.1, 0.15) is 5.56 Å². The van der Waals surface area contributed by atoms with Crippen LogP contribution in [-0.2, 0) is 0 Å². The number of nitrogens with two attached hydrogens (primary N) is 3. The minimum absolute atomic E-state index is 0. The van der Waals surface area contributed by atoms with E-state index in [4.69, 9.17) is 17.2 Å². The first-order valence-corrected chi connectivity index (χ1v) is 3.52. The average molecular weight is 201 g/mol. The van der Waals surface area contributed by atoms with Crippen molar-refractivity contribution in [3.63, 3.8) is 0 Å². The van der Waals surface area contributed by atoms with Gasteiger partial charge in [0, 0.05) is 12.6 Å². The third kappa shape index (κ3) is 2.52. The lowest BCUT2D eigenvalue weighted by Gasteiger charge is -2.03. The highest BCUT2D eigenvalue weighted by molar-refractivity contribution is 5.98. The van der Waals surface area contributed by atoms with Crippen molar-refractivity contribution in [1.29, 1.82) is 0 Å². The lowest BCUT2D eigenvalue weighted by molar-refractivity contribution is 1.39. The zero-order valence-electron chi connectivity index (χ0n) is 7.32. The molecule has 4 nitrogen and oxygen atoms in total. The monoisotopic (exact) mass is 200 g/mol. The molecular formula is C8H13ClN4. The number of halogens is 1. The first-order chi connectivity index (χ1) is 5.65. The molecule has 0 radical (unpaired) electrons. The van der Waals surface area contributed by atoms with Crippen molar-refractivity contribution in [2.24, 2.45) is 10.7 Å². The van der Waals surface area contributed by atoms with E-state index >= 15 is 0 Å². The number of anilines is 2. The smallest absolute Gasteiger partial charge is 0.125 e. The standard InChI is InChI=1S/C8H12N4.ClH/c1-12-8(11)5-2-3-6(9)7(10)4-5;/h2-4H,9-10H2,1H3,(H2,11,12);1H. The number of hydrogen-bond donors (Lipinski definition) is 3. The molecule has 72 valence electrons. The van der Waals surface area contributed by atoms with Gasteiger partial charge in [0.25, 0.3) is 0 Å². The van der Waals surface area contributed by atoms with E-state index in [1.54, 1.807) is 25.2 Å². The van der Waals surface area contributed by atoms with E-state index in [2.05, 4.69) is 4.99 Å². The Balaban J connectivity index is 0.00000144. The molecule has 0 fully saturated rings. The summed E-state index contributed by atoms with van der Waals surface area (Å²) in [5, 5.41) is 0. The highest BCUT2D eigenvalue weighted by atomic mass is 35.5. The van der Waals surface area contributed by atoms with E-state index < -0.39 is 0 Å². The van der Waals surface area contributed by atoms with Crippen molar-refractivity contribution in [3.05, 3.63) is 23.8 Å². The van der Waals surface area contributed by atoms with Crippen molar-refractivity contribution >= 4 is 29.6 Å². The van der Waals surface area contributed by atoms with Crippen molar-refractivity contribution < 1.29 is 0 Å². The van der Waals surface area contributed by atoms with Gasteiger partial charge in [-0.3, -0.25) is 4.99 Å². The average Bonchev–Trinajstić information content (AvgIpc) is 2.08. The topological polar surface area (TPSA) is 90.4 Å². The van der Waals surface area contributed by atoms with Crippen LogP contribution in [0.15, 0.2) is 23.2 Å². The van der Waals surface area contributed by atoms with Gasteiger partial charge in [-0.2, -0.15) is 0 Å². The molecule has 0 aliphatic heterocycles. The number of aliphatic imine (C=N–C) groups is 1. The highest BCUT2D eigenvalue weighted by Gasteiger charge is 1.99. The quantitative estimate of drug-likeness (QED) is 0.352. The molecule has 1 rings (SSSR count). The van der Waals surface area contributed by atoms with E-state index in [0.29, 0.717) is 17.2 Å². The number of benzene rings is 1. The minimum atomic E-state index is 0. The maximum Gasteiger partial charge on any atom is 0.125 e. The van der Waals surface area contributed by atoms with Crippen molar-refractivity contribution in [2.75, 3.05) is 18.5 Å². The summed E-state index contributed by atoms with van der Waals surface area (Å²) in [4.78, 5) is 3.83. The van der Waals surface area contributed by atoms with Gasteiger partial charge in [0.05, 0.1) is 11.4 Å². The van der Waals surface area contributed by atoms with Crippen LogP contribution in [0.2, 0.25) is 0 Å². The normalized spacial score (nSPS) is 10.7. The van der Waals surface area contributed by atoms with Crippen LogP contribution in [-0.4, -0.2) is 12.9 Å². The molecule has 5 heteroatoms. The maximum absolute atomic E-state index is 5.58. The van der Waals surface area contributed by atoms with E-state index in [-0.39, 0.29) is 12.4 Å². The van der Waals surface area contributed by atoms with E-state index in [9.17, 15) is 0 Å². The van der Waals surface area contributed by atoms with Gasteiger partial charge in [-0.15, -0.1) is 12.4 Å². The van der Waals surface area contributed by atoms with E-state index in [1.807, 2.05) is 0 Å². The summed E-state index contributed by atoms with van der Waals surface area (Å²) in [6.07, 6.45) is 0. The molecule has 1 aromatic carbocycles. The Morgan fingerprint density at radius 1 is 1.23 bits per heavy atom. The van der Waals surface area contributed by atoms with Gasteiger partial charge < -0.3 is 17.2 Å². The number of hydrogen-bond acceptors (Lipinski definition) is 3. The number of rotatable bonds is 1. The molecule has 13 heavy (non-hydrogen) atoms. The molecule has 0 bridgehead atoms. The predicted octanol–water partition coefficient (Wildman–Crippen LogP) is 0.608. The Morgan fingerprint density at radius 2 is 1.85 bits per heavy atom. The molecule has 0 saturated carbocycles. The minimum Gasteiger partial charge on any atom is -0.397 e. The fourth-order valence-electron chi connectivity index (χ4n) is 0.863. The van der Waals surface area contributed by atoms with Gasteiger partial charge in [0.15, 0.2) is 0 Å². The third-order valence-corrected chi connectivity index (χ3v) is 1.62. The second-order valence-corrected chi connectivity index (χ2v) is 2.45. The summed E-state index contributed by atoms with van der Waals surface area (Å²) in [6, 6.07) is 5.20. The van der Waals surface area contributed by atoms with Crippen LogP contribution in [0.5, 0.6) is 0 Å². The van der Waals surface area contributed by atoms with Gasteiger partial charge >= 0.3 is 0 Å². The van der Waals surface area contributed by atoms with Crippen LogP contribution in [0, 0.1) is 0 Å². The summed E-state index contributed by atoms with van der Waals surface area (Å²) < 4.78 is 0. The number of nitrogens with zero attached hydrogens (tertiary/aromatic N) is 1. The van der Waals surface area contributed by atoms with Crippen molar-refractivity contribution in [3.8, 4) is 0 Å². The Bertz CT molecular complexity index is 322. The fourth-order valence-corrected chi connectivity index (χ4v) is 0.863. The van der Waals surface area contributed by atoms with Gasteiger partial charge in [0.2, 0.25) is 0 Å². The molecule has 0 amide bonds. The second kappa shape index (κ2) is 4.57. The maximum atomic E-state index is 5.58. The molecule has 0 heterocycles. The Hall–Kier alpha value is -1.42. The number of nitrogen functional groups attached to an aromatic ring is 2. The summed E-state index contributed by atoms with van der Waals surface area (Å²) in [6.45, 7) is 0. The molecule has 0 aliphatic rings. The summed E-state index contributed by atoms with van der Waals surface area (Å²) >= 11 is 0. The van der Waals surface area contributed by atoms with Crippen molar-refractivity contribution in [1.82, 2.24) is 0 Å². The largest absolute Gasteiger partial charge is 0.397 e. The molecule has 0 aromatic heterocycles. The molecule has 0 aliphatic carbocycles. The van der Waals surface area contributed by atoms with Gasteiger partial charge in [-0.25, -0.2) is 0 Å². The molecule has 6 N–H and O–H groups in total. The number of amidine groups is 1. The van der Waals surface area contributed by atoms with Crippen molar-refractivity contribution in [2.45, 2.75) is 0 Å². The lowest BCUT2D eigenvalue weighted by atomic mass is 10.1. The van der Waals surface area contributed by atoms with Gasteiger partial charge in [-0.05, 0) is 18.2 Å². The van der Waals surface area contributed by atoms with Gasteiger partial charge in [0.1, 0.15) is 5.84 Å². The van der Waals surface area contributed by atoms with Gasteiger partial charge in [-0.1, -0.05) is 0 Å². The Kier molecular flexibility index (Phi) is 4.07. The van der Waals surface area contributed by atoms with Crippen LogP contribution >= 0.6 is 12.4 Å². The molecule has 0 saturated heterocycles. The molecular weight excluding hydrogens is 188 g/mol. The van der Waals surface area contributed by atoms with E-state index in [0.717, 1.165) is 5.56 Å². The first kappa shape index (κ1) is 11.6. The summed E-state index contributed by atoms with van der Waals surface area (Å²) in [5.41, 5.74) is 18.5. The SMILES string of the molecule is CN=C(N)c1ccc(N)c(N)c1.Cl. The van der Waals surface area contributed by atoms with E-state index in [1.165, 1.54) is 0 Å². The summed E-state index contributed by atoms with van der Waals surface area (Å²) in [7, 11) is 1.63. The van der Waals surface area contributed by atoms with Crippen LogP contribution in [0.4, 0.5) is 11.4 Å². The third-order valence-electron chi connectivity index (χ3n) is 1.62. The Morgan fingerprint density at radius 3 is 2.31 bits per heavy atom. The van der Waals surface area contributed by atoms with Crippen LogP contribution in [0.3, 0.4) is 0 Å². The van der Waals surface area contributed by atoms with Crippen LogP contribution in [0.25, 0.3) is 0 Å². The zero-order valence-corrected chi connectivity index (χ0v) is 8.14. The van der Waals surface area contributed by atoms with Crippen LogP contribution < -0.4 is 17.2 Å². The Labute approximate surface area is 83.2 Å². The molecule has 0 atom stereocenters. The lowest BCUT2D eigenvalue weighted by Crippen LogP contribution is -2.13. The predicted molar refractivity (Wildman–Crippen MR) is 59.2 cm³/mol. The summed E-state index contributed by atoms with van der Waals surface area (Å²) in [5.74, 6) is 0.460. The fraction of sp³-hybridized carbons (Fsp3) is 0.125.